The lowest BCUT2D eigenvalue weighted by atomic mass is 10.2. The summed E-state index contributed by atoms with van der Waals surface area (Å²) < 4.78 is 1.49. The summed E-state index contributed by atoms with van der Waals surface area (Å²) in [6.45, 7) is 0.515. The third kappa shape index (κ3) is 3.43. The van der Waals surface area contributed by atoms with Gasteiger partial charge in [-0.3, -0.25) is 9.48 Å². The molecule has 7 heteroatoms. The maximum absolute atomic E-state index is 12.1. The second kappa shape index (κ2) is 6.15. The molecule has 0 radical (unpaired) electrons. The maximum Gasteiger partial charge on any atom is 0.244 e. The number of nitrogen functional groups attached to an aromatic ring is 1. The van der Waals surface area contributed by atoms with Crippen molar-refractivity contribution in [3.05, 3.63) is 46.2 Å². The predicted octanol–water partition coefficient (Wildman–Crippen LogP) is 2.43. The van der Waals surface area contributed by atoms with Gasteiger partial charge >= 0.3 is 0 Å². The number of aromatic nitrogens is 2. The molecule has 0 unspecified atom stereocenters. The van der Waals surface area contributed by atoms with Crippen molar-refractivity contribution in [2.45, 2.75) is 13.1 Å². The summed E-state index contributed by atoms with van der Waals surface area (Å²) in [5.41, 5.74) is 6.88. The lowest BCUT2D eigenvalue weighted by molar-refractivity contribution is -0.131. The Morgan fingerprint density at radius 2 is 2.20 bits per heavy atom. The third-order valence-corrected chi connectivity index (χ3v) is 3.67. The zero-order valence-corrected chi connectivity index (χ0v) is 12.4. The average Bonchev–Trinajstić information content (AvgIpc) is 2.80. The van der Waals surface area contributed by atoms with Crippen molar-refractivity contribution < 1.29 is 4.79 Å². The molecule has 0 aliphatic carbocycles. The van der Waals surface area contributed by atoms with Crippen LogP contribution in [0.1, 0.15) is 5.56 Å². The lowest BCUT2D eigenvalue weighted by Gasteiger charge is -2.18. The molecule has 1 amide bonds. The van der Waals surface area contributed by atoms with E-state index in [0.717, 1.165) is 5.56 Å². The summed E-state index contributed by atoms with van der Waals surface area (Å²) in [5, 5.41) is 4.92. The van der Waals surface area contributed by atoms with Crippen molar-refractivity contribution in [3.8, 4) is 0 Å². The van der Waals surface area contributed by atoms with E-state index in [1.807, 2.05) is 6.07 Å². The average molecular weight is 313 g/mol. The monoisotopic (exact) mass is 312 g/mol. The molecule has 1 aromatic carbocycles. The summed E-state index contributed by atoms with van der Waals surface area (Å²) in [6, 6.07) is 5.35. The van der Waals surface area contributed by atoms with Crippen molar-refractivity contribution in [2.24, 2.45) is 0 Å². The Hall–Kier alpha value is -1.72. The zero-order chi connectivity index (χ0) is 14.7. The molecular weight excluding hydrogens is 299 g/mol. The van der Waals surface area contributed by atoms with Crippen molar-refractivity contribution in [3.63, 3.8) is 0 Å². The van der Waals surface area contributed by atoms with E-state index in [9.17, 15) is 4.79 Å². The topological polar surface area (TPSA) is 64.2 Å². The van der Waals surface area contributed by atoms with Gasteiger partial charge in [-0.1, -0.05) is 35.3 Å². The molecule has 5 nitrogen and oxygen atoms in total. The number of nitrogens with zero attached hydrogens (tertiary/aromatic N) is 3. The summed E-state index contributed by atoms with van der Waals surface area (Å²) in [6.07, 6.45) is 3.11. The van der Waals surface area contributed by atoms with Gasteiger partial charge in [-0.25, -0.2) is 0 Å². The van der Waals surface area contributed by atoms with Crippen LogP contribution < -0.4 is 5.73 Å². The van der Waals surface area contributed by atoms with Crippen LogP contribution in [0.15, 0.2) is 30.6 Å². The van der Waals surface area contributed by atoms with Gasteiger partial charge in [0.2, 0.25) is 5.91 Å². The van der Waals surface area contributed by atoms with Crippen LogP contribution in [0.3, 0.4) is 0 Å². The fourth-order valence-corrected chi connectivity index (χ4v) is 2.12. The summed E-state index contributed by atoms with van der Waals surface area (Å²) in [5.74, 6) is -0.0934. The molecule has 20 heavy (non-hydrogen) atoms. The van der Waals surface area contributed by atoms with E-state index in [1.54, 1.807) is 30.3 Å². The number of carbonyl (C=O) groups excluding carboxylic acids is 1. The number of nitrogens with two attached hydrogens (primary N) is 1. The normalized spacial score (nSPS) is 10.6. The molecule has 1 heterocycles. The molecule has 2 rings (SSSR count). The van der Waals surface area contributed by atoms with E-state index < -0.39 is 0 Å². The molecule has 0 aliphatic rings. The highest BCUT2D eigenvalue weighted by molar-refractivity contribution is 6.42. The molecule has 0 fully saturated rings. The predicted molar refractivity (Wildman–Crippen MR) is 79.6 cm³/mol. The van der Waals surface area contributed by atoms with Gasteiger partial charge in [0.15, 0.2) is 0 Å². The van der Waals surface area contributed by atoms with Crippen LogP contribution in [-0.2, 0) is 17.9 Å². The van der Waals surface area contributed by atoms with E-state index in [4.69, 9.17) is 28.9 Å². The first kappa shape index (κ1) is 14.7. The first-order chi connectivity index (χ1) is 9.47. The third-order valence-electron chi connectivity index (χ3n) is 2.82. The highest BCUT2D eigenvalue weighted by Gasteiger charge is 2.13. The molecule has 0 saturated carbocycles. The SMILES string of the molecule is CN(Cc1cccc(Cl)c1Cl)C(=O)Cn1cc(N)cn1. The lowest BCUT2D eigenvalue weighted by Crippen LogP contribution is -2.30. The fourth-order valence-electron chi connectivity index (χ4n) is 1.74. The summed E-state index contributed by atoms with van der Waals surface area (Å²) in [7, 11) is 1.70. The minimum absolute atomic E-state index is 0.0934. The Balaban J connectivity index is 2.02. The van der Waals surface area contributed by atoms with Crippen LogP contribution in [0.5, 0.6) is 0 Å². The highest BCUT2D eigenvalue weighted by Crippen LogP contribution is 2.26. The largest absolute Gasteiger partial charge is 0.396 e. The fraction of sp³-hybridized carbons (Fsp3) is 0.231. The van der Waals surface area contributed by atoms with E-state index in [0.29, 0.717) is 22.3 Å². The Morgan fingerprint density at radius 3 is 2.85 bits per heavy atom. The Labute approximate surface area is 126 Å². The van der Waals surface area contributed by atoms with Crippen molar-refractivity contribution in [2.75, 3.05) is 12.8 Å². The minimum atomic E-state index is -0.0934. The number of benzene rings is 1. The molecule has 1 aromatic heterocycles. The van der Waals surface area contributed by atoms with E-state index in [2.05, 4.69) is 5.10 Å². The first-order valence-corrected chi connectivity index (χ1v) is 6.67. The standard InChI is InChI=1S/C13H14Cl2N4O/c1-18(6-9-3-2-4-11(14)13(9)15)12(20)8-19-7-10(16)5-17-19/h2-5,7H,6,8,16H2,1H3. The second-order valence-electron chi connectivity index (χ2n) is 4.43. The maximum atomic E-state index is 12.1. The molecule has 106 valence electrons. The number of amides is 1. The van der Waals surface area contributed by atoms with Crippen molar-refractivity contribution in [1.29, 1.82) is 0 Å². The van der Waals surface area contributed by atoms with Crippen molar-refractivity contribution >= 4 is 34.8 Å². The molecule has 0 aliphatic heterocycles. The minimum Gasteiger partial charge on any atom is -0.396 e. The summed E-state index contributed by atoms with van der Waals surface area (Å²) >= 11 is 12.0. The van der Waals surface area contributed by atoms with Crippen LogP contribution >= 0.6 is 23.2 Å². The molecule has 2 aromatic rings. The number of anilines is 1. The van der Waals surface area contributed by atoms with Gasteiger partial charge < -0.3 is 10.6 Å². The van der Waals surface area contributed by atoms with Crippen LogP contribution in [0, 0.1) is 0 Å². The van der Waals surface area contributed by atoms with Crippen LogP contribution in [-0.4, -0.2) is 27.6 Å². The zero-order valence-electron chi connectivity index (χ0n) is 10.9. The van der Waals surface area contributed by atoms with Gasteiger partial charge in [0.05, 0.1) is 21.9 Å². The van der Waals surface area contributed by atoms with Gasteiger partial charge in [0.1, 0.15) is 6.54 Å². The van der Waals surface area contributed by atoms with Crippen LogP contribution in [0.4, 0.5) is 5.69 Å². The van der Waals surface area contributed by atoms with E-state index >= 15 is 0 Å². The number of carbonyl (C=O) groups is 1. The van der Waals surface area contributed by atoms with Gasteiger partial charge in [0, 0.05) is 19.8 Å². The van der Waals surface area contributed by atoms with Crippen LogP contribution in [0.25, 0.3) is 0 Å². The molecular formula is C13H14Cl2N4O. The number of halogens is 2. The molecule has 0 saturated heterocycles. The van der Waals surface area contributed by atoms with Gasteiger partial charge in [-0.05, 0) is 11.6 Å². The molecule has 0 atom stereocenters. The smallest absolute Gasteiger partial charge is 0.244 e. The Morgan fingerprint density at radius 1 is 1.45 bits per heavy atom. The Bertz CT molecular complexity index is 627. The molecule has 0 bridgehead atoms. The van der Waals surface area contributed by atoms with Gasteiger partial charge in [0.25, 0.3) is 0 Å². The van der Waals surface area contributed by atoms with Gasteiger partial charge in [-0.15, -0.1) is 0 Å². The number of hydrogen-bond acceptors (Lipinski definition) is 3. The number of likely N-dealkylation sites (N-methyl/N-ethyl adjacent to an activating group) is 1. The second-order valence-corrected chi connectivity index (χ2v) is 5.22. The van der Waals surface area contributed by atoms with Crippen molar-refractivity contribution in [1.82, 2.24) is 14.7 Å². The quantitative estimate of drug-likeness (QED) is 0.943. The van der Waals surface area contributed by atoms with Crippen LogP contribution in [0.2, 0.25) is 10.0 Å². The first-order valence-electron chi connectivity index (χ1n) is 5.92. The highest BCUT2D eigenvalue weighted by atomic mass is 35.5. The number of rotatable bonds is 4. The van der Waals surface area contributed by atoms with E-state index in [1.165, 1.54) is 10.9 Å². The summed E-state index contributed by atoms with van der Waals surface area (Å²) in [4.78, 5) is 13.6. The number of hydrogen-bond donors (Lipinski definition) is 1. The molecule has 0 spiro atoms. The Kier molecular flexibility index (Phi) is 4.52. The van der Waals surface area contributed by atoms with Gasteiger partial charge in [-0.2, -0.15) is 5.10 Å². The van der Waals surface area contributed by atoms with E-state index in [-0.39, 0.29) is 12.5 Å². The molecule has 2 N–H and O–H groups in total.